The van der Waals surface area contributed by atoms with Gasteiger partial charge in [0.2, 0.25) is 5.91 Å². The molecule has 6 heteroatoms. The molecule has 4 nitrogen and oxygen atoms in total. The van der Waals surface area contributed by atoms with Gasteiger partial charge in [0.05, 0.1) is 6.04 Å². The summed E-state index contributed by atoms with van der Waals surface area (Å²) in [6, 6.07) is 11.4. The lowest BCUT2D eigenvalue weighted by Crippen LogP contribution is -2.52. The van der Waals surface area contributed by atoms with Crippen molar-refractivity contribution >= 4 is 34.5 Å². The van der Waals surface area contributed by atoms with E-state index in [1.807, 2.05) is 19.1 Å². The lowest BCUT2D eigenvalue weighted by Gasteiger charge is -2.37. The second-order valence-corrected chi connectivity index (χ2v) is 7.53. The number of hydrogen-bond acceptors (Lipinski definition) is 4. The van der Waals surface area contributed by atoms with Crippen molar-refractivity contribution in [2.45, 2.75) is 19.5 Å². The summed E-state index contributed by atoms with van der Waals surface area (Å²) < 4.78 is 0. The van der Waals surface area contributed by atoms with Crippen LogP contribution in [0.1, 0.15) is 11.8 Å². The number of carbonyl (C=O) groups excluding carboxylic acids is 1. The lowest BCUT2D eigenvalue weighted by molar-refractivity contribution is -0.121. The number of nitrogens with zero attached hydrogens (tertiary/aromatic N) is 2. The summed E-state index contributed by atoms with van der Waals surface area (Å²) in [6.07, 6.45) is 0. The van der Waals surface area contributed by atoms with Crippen LogP contribution >= 0.6 is 22.9 Å². The molecule has 1 aromatic carbocycles. The average Bonchev–Trinajstić information content (AvgIpc) is 3.10. The Morgan fingerprint density at radius 1 is 1.21 bits per heavy atom. The Labute approximate surface area is 152 Å². The van der Waals surface area contributed by atoms with Crippen LogP contribution < -0.4 is 5.32 Å². The first-order valence-electron chi connectivity index (χ1n) is 8.17. The fourth-order valence-electron chi connectivity index (χ4n) is 2.88. The second kappa shape index (κ2) is 8.12. The van der Waals surface area contributed by atoms with Gasteiger partial charge in [-0.2, -0.15) is 0 Å². The van der Waals surface area contributed by atoms with Crippen molar-refractivity contribution in [3.05, 3.63) is 51.7 Å². The molecule has 24 heavy (non-hydrogen) atoms. The van der Waals surface area contributed by atoms with Crippen molar-refractivity contribution in [2.75, 3.05) is 31.5 Å². The third kappa shape index (κ3) is 4.57. The maximum absolute atomic E-state index is 12.4. The standard InChI is InChI=1S/C18H22ClN3OS/c1-14(18(23)20-16-6-4-15(19)5-7-16)22-10-8-21(9-11-22)13-17-3-2-12-24-17/h2-7,12,14H,8-11,13H2,1H3,(H,20,23). The molecule has 1 fully saturated rings. The van der Waals surface area contributed by atoms with Crippen LogP contribution in [0.4, 0.5) is 5.69 Å². The number of nitrogens with one attached hydrogen (secondary N) is 1. The Morgan fingerprint density at radius 2 is 1.92 bits per heavy atom. The average molecular weight is 364 g/mol. The number of halogens is 1. The molecule has 0 radical (unpaired) electrons. The van der Waals surface area contributed by atoms with Crippen LogP contribution in [0.25, 0.3) is 0 Å². The zero-order valence-electron chi connectivity index (χ0n) is 13.7. The van der Waals surface area contributed by atoms with Crippen LogP contribution in [0, 0.1) is 0 Å². The van der Waals surface area contributed by atoms with Gasteiger partial charge in [0.25, 0.3) is 0 Å². The molecule has 1 saturated heterocycles. The van der Waals surface area contributed by atoms with Gasteiger partial charge in [0, 0.05) is 48.3 Å². The number of piperazine rings is 1. The van der Waals surface area contributed by atoms with Crippen LogP contribution in [0.15, 0.2) is 41.8 Å². The van der Waals surface area contributed by atoms with E-state index in [1.165, 1.54) is 4.88 Å². The molecular formula is C18H22ClN3OS. The van der Waals surface area contributed by atoms with Gasteiger partial charge >= 0.3 is 0 Å². The number of rotatable bonds is 5. The van der Waals surface area contributed by atoms with E-state index in [0.717, 1.165) is 38.4 Å². The van der Waals surface area contributed by atoms with E-state index in [9.17, 15) is 4.79 Å². The molecule has 2 aromatic rings. The molecule has 1 N–H and O–H groups in total. The highest BCUT2D eigenvalue weighted by molar-refractivity contribution is 7.09. The van der Waals surface area contributed by atoms with E-state index < -0.39 is 0 Å². The minimum atomic E-state index is -0.135. The minimum absolute atomic E-state index is 0.0315. The van der Waals surface area contributed by atoms with Gasteiger partial charge in [0.1, 0.15) is 0 Å². The van der Waals surface area contributed by atoms with Crippen molar-refractivity contribution in [3.8, 4) is 0 Å². The summed E-state index contributed by atoms with van der Waals surface area (Å²) in [5.41, 5.74) is 0.785. The summed E-state index contributed by atoms with van der Waals surface area (Å²) in [7, 11) is 0. The summed E-state index contributed by atoms with van der Waals surface area (Å²) in [5.74, 6) is 0.0315. The van der Waals surface area contributed by atoms with Gasteiger partial charge in [0.15, 0.2) is 0 Å². The van der Waals surface area contributed by atoms with Crippen LogP contribution in [0.5, 0.6) is 0 Å². The molecule has 2 heterocycles. The smallest absolute Gasteiger partial charge is 0.241 e. The van der Waals surface area contributed by atoms with Crippen molar-refractivity contribution in [3.63, 3.8) is 0 Å². The zero-order chi connectivity index (χ0) is 16.9. The lowest BCUT2D eigenvalue weighted by atomic mass is 10.2. The Kier molecular flexibility index (Phi) is 5.89. The number of carbonyl (C=O) groups is 1. The maximum Gasteiger partial charge on any atom is 0.241 e. The van der Waals surface area contributed by atoms with E-state index in [2.05, 4.69) is 32.6 Å². The Balaban J connectivity index is 1.48. The molecule has 1 unspecified atom stereocenters. The van der Waals surface area contributed by atoms with Crippen molar-refractivity contribution < 1.29 is 4.79 Å². The number of hydrogen-bond donors (Lipinski definition) is 1. The summed E-state index contributed by atoms with van der Waals surface area (Å²) in [4.78, 5) is 18.5. The monoisotopic (exact) mass is 363 g/mol. The maximum atomic E-state index is 12.4. The highest BCUT2D eigenvalue weighted by atomic mass is 35.5. The molecule has 1 atom stereocenters. The first-order chi connectivity index (χ1) is 11.6. The number of benzene rings is 1. The van der Waals surface area contributed by atoms with E-state index >= 15 is 0 Å². The van der Waals surface area contributed by atoms with Crippen LogP contribution in [-0.4, -0.2) is 47.9 Å². The highest BCUT2D eigenvalue weighted by Gasteiger charge is 2.25. The Morgan fingerprint density at radius 3 is 2.54 bits per heavy atom. The normalized spacial score (nSPS) is 17.6. The summed E-state index contributed by atoms with van der Waals surface area (Å²) in [5, 5.41) is 5.75. The van der Waals surface area contributed by atoms with Crippen molar-refractivity contribution in [2.24, 2.45) is 0 Å². The Bertz CT molecular complexity index is 651. The van der Waals surface area contributed by atoms with E-state index in [1.54, 1.807) is 23.5 Å². The molecule has 1 aliphatic heterocycles. The fourth-order valence-corrected chi connectivity index (χ4v) is 3.75. The van der Waals surface area contributed by atoms with Crippen LogP contribution in [0.3, 0.4) is 0 Å². The molecular weight excluding hydrogens is 342 g/mol. The predicted octanol–water partition coefficient (Wildman–Crippen LogP) is 3.55. The molecule has 128 valence electrons. The first-order valence-corrected chi connectivity index (χ1v) is 9.43. The third-order valence-corrected chi connectivity index (χ3v) is 5.52. The number of thiophene rings is 1. The van der Waals surface area contributed by atoms with Gasteiger partial charge in [-0.3, -0.25) is 14.6 Å². The number of amides is 1. The Hall–Kier alpha value is -1.40. The van der Waals surface area contributed by atoms with Crippen LogP contribution in [0.2, 0.25) is 5.02 Å². The molecule has 1 amide bonds. The molecule has 1 aromatic heterocycles. The topological polar surface area (TPSA) is 35.6 Å². The van der Waals surface area contributed by atoms with Crippen LogP contribution in [-0.2, 0) is 11.3 Å². The van der Waals surface area contributed by atoms with E-state index in [-0.39, 0.29) is 11.9 Å². The predicted molar refractivity (Wildman–Crippen MR) is 101 cm³/mol. The zero-order valence-corrected chi connectivity index (χ0v) is 15.3. The molecule has 0 bridgehead atoms. The molecule has 0 spiro atoms. The third-order valence-electron chi connectivity index (χ3n) is 4.41. The van der Waals surface area contributed by atoms with Crippen molar-refractivity contribution in [1.82, 2.24) is 9.80 Å². The highest BCUT2D eigenvalue weighted by Crippen LogP contribution is 2.16. The first kappa shape index (κ1) is 17.4. The quantitative estimate of drug-likeness (QED) is 0.882. The van der Waals surface area contributed by atoms with E-state index in [0.29, 0.717) is 5.02 Å². The molecule has 1 aliphatic rings. The van der Waals surface area contributed by atoms with Gasteiger partial charge in [-0.15, -0.1) is 11.3 Å². The van der Waals surface area contributed by atoms with Gasteiger partial charge < -0.3 is 5.32 Å². The minimum Gasteiger partial charge on any atom is -0.325 e. The van der Waals surface area contributed by atoms with Gasteiger partial charge in [-0.25, -0.2) is 0 Å². The molecule has 0 aliphatic carbocycles. The fraction of sp³-hybridized carbons (Fsp3) is 0.389. The largest absolute Gasteiger partial charge is 0.325 e. The van der Waals surface area contributed by atoms with Gasteiger partial charge in [-0.1, -0.05) is 17.7 Å². The molecule has 0 saturated carbocycles. The van der Waals surface area contributed by atoms with Gasteiger partial charge in [-0.05, 0) is 42.6 Å². The second-order valence-electron chi connectivity index (χ2n) is 6.06. The number of anilines is 1. The SMILES string of the molecule is CC(C(=O)Nc1ccc(Cl)cc1)N1CCN(Cc2cccs2)CC1. The summed E-state index contributed by atoms with van der Waals surface area (Å²) >= 11 is 7.67. The van der Waals surface area contributed by atoms with Crippen molar-refractivity contribution in [1.29, 1.82) is 0 Å². The molecule has 3 rings (SSSR count). The van der Waals surface area contributed by atoms with E-state index in [4.69, 9.17) is 11.6 Å². The summed E-state index contributed by atoms with van der Waals surface area (Å²) in [6.45, 7) is 6.81.